The normalized spacial score (nSPS) is 16.8. The topological polar surface area (TPSA) is 80.4 Å². The van der Waals surface area contributed by atoms with Gasteiger partial charge in [-0.15, -0.1) is 11.3 Å². The second kappa shape index (κ2) is 5.98. The van der Waals surface area contributed by atoms with Crippen LogP contribution in [0.5, 0.6) is 0 Å². The molecule has 3 N–H and O–H groups in total. The van der Waals surface area contributed by atoms with Crippen molar-refractivity contribution < 1.29 is 39.9 Å². The number of halogens is 6. The summed E-state index contributed by atoms with van der Waals surface area (Å²) in [5, 5.41) is 15.2. The van der Waals surface area contributed by atoms with Crippen LogP contribution in [-0.4, -0.2) is 32.0 Å². The fourth-order valence-corrected chi connectivity index (χ4v) is 4.01. The van der Waals surface area contributed by atoms with E-state index in [0.29, 0.717) is 11.3 Å². The minimum atomic E-state index is -5.72. The van der Waals surface area contributed by atoms with Crippen LogP contribution in [0.2, 0.25) is 0 Å². The van der Waals surface area contributed by atoms with Crippen molar-refractivity contribution in [2.75, 3.05) is 0 Å². The molecule has 0 saturated carbocycles. The van der Waals surface area contributed by atoms with Gasteiger partial charge in [0.1, 0.15) is 4.21 Å². The minimum absolute atomic E-state index is 0.382. The van der Waals surface area contributed by atoms with Gasteiger partial charge in [0.2, 0.25) is 10.0 Å². The summed E-state index contributed by atoms with van der Waals surface area (Å²) in [4.78, 5) is 0. The van der Waals surface area contributed by atoms with E-state index in [1.807, 2.05) is 0 Å². The molecule has 0 fully saturated rings. The molecule has 0 spiro atoms. The Hall–Kier alpha value is -0.850. The second-order valence-corrected chi connectivity index (χ2v) is 7.21. The number of primary sulfonamides is 1. The van der Waals surface area contributed by atoms with Crippen LogP contribution in [0.4, 0.5) is 26.3 Å². The van der Waals surface area contributed by atoms with Crippen LogP contribution in [0.25, 0.3) is 0 Å². The lowest BCUT2D eigenvalue weighted by atomic mass is 9.82. The van der Waals surface area contributed by atoms with Crippen LogP contribution in [0.1, 0.15) is 18.4 Å². The molecule has 0 saturated heterocycles. The first-order valence-electron chi connectivity index (χ1n) is 5.59. The molecule has 0 aliphatic heterocycles. The van der Waals surface area contributed by atoms with E-state index in [2.05, 4.69) is 0 Å². The van der Waals surface area contributed by atoms with Crippen LogP contribution in [0.15, 0.2) is 15.7 Å². The minimum Gasteiger partial charge on any atom is -0.393 e. The summed E-state index contributed by atoms with van der Waals surface area (Å²) >= 11 is 0.382. The number of alkyl halides is 6. The predicted octanol–water partition coefficient (Wildman–Crippen LogP) is 2.60. The molecule has 0 unspecified atom stereocenters. The van der Waals surface area contributed by atoms with Crippen molar-refractivity contribution in [3.05, 3.63) is 17.0 Å². The lowest BCUT2D eigenvalue weighted by molar-refractivity contribution is -0.295. The Labute approximate surface area is 125 Å². The third-order valence-corrected chi connectivity index (χ3v) is 5.32. The fourth-order valence-electron chi connectivity index (χ4n) is 2.09. The fraction of sp³-hybridized carbons (Fsp3) is 0.600. The van der Waals surface area contributed by atoms with Gasteiger partial charge >= 0.3 is 12.4 Å². The van der Waals surface area contributed by atoms with E-state index in [-0.39, 0.29) is 0 Å². The van der Waals surface area contributed by atoms with Crippen LogP contribution in [0.3, 0.4) is 0 Å². The molecule has 1 heterocycles. The molecule has 0 aliphatic carbocycles. The van der Waals surface area contributed by atoms with E-state index in [4.69, 9.17) is 5.14 Å². The van der Waals surface area contributed by atoms with Crippen molar-refractivity contribution in [3.63, 3.8) is 0 Å². The van der Waals surface area contributed by atoms with Crippen molar-refractivity contribution in [2.24, 2.45) is 11.1 Å². The third-order valence-electron chi connectivity index (χ3n) is 2.86. The Balaban J connectivity index is 3.57. The Kier molecular flexibility index (Phi) is 5.22. The Morgan fingerprint density at radius 3 is 1.95 bits per heavy atom. The molecule has 0 aromatic carbocycles. The van der Waals surface area contributed by atoms with E-state index >= 15 is 0 Å². The highest BCUT2D eigenvalue weighted by Gasteiger charge is 2.61. The highest BCUT2D eigenvalue weighted by Crippen LogP contribution is 2.50. The summed E-state index contributed by atoms with van der Waals surface area (Å²) in [5.74, 6) is -6.46. The highest BCUT2D eigenvalue weighted by molar-refractivity contribution is 7.91. The van der Waals surface area contributed by atoms with Gasteiger partial charge in [-0.05, 0) is 23.9 Å². The zero-order chi connectivity index (χ0) is 17.5. The molecule has 0 radical (unpaired) electrons. The first-order valence-corrected chi connectivity index (χ1v) is 8.01. The summed E-state index contributed by atoms with van der Waals surface area (Å²) in [6.45, 7) is 0.722. The van der Waals surface area contributed by atoms with Crippen molar-refractivity contribution in [2.45, 2.75) is 35.5 Å². The van der Waals surface area contributed by atoms with Crippen molar-refractivity contribution in [1.29, 1.82) is 0 Å². The van der Waals surface area contributed by atoms with Crippen LogP contribution < -0.4 is 5.14 Å². The van der Waals surface area contributed by atoms with Crippen molar-refractivity contribution >= 4 is 21.4 Å². The molecule has 1 aromatic heterocycles. The summed E-state index contributed by atoms with van der Waals surface area (Å²) in [6, 6.07) is 0.784. The predicted molar refractivity (Wildman–Crippen MR) is 65.7 cm³/mol. The van der Waals surface area contributed by atoms with E-state index in [0.717, 1.165) is 18.4 Å². The monoisotopic (exact) mass is 371 g/mol. The van der Waals surface area contributed by atoms with Gasteiger partial charge in [-0.1, -0.05) is 0 Å². The maximum Gasteiger partial charge on any atom is 0.401 e. The number of nitrogens with two attached hydrogens (primary N) is 1. The van der Waals surface area contributed by atoms with Gasteiger partial charge in [-0.25, -0.2) is 13.6 Å². The summed E-state index contributed by atoms with van der Waals surface area (Å²) < 4.78 is 98.8. The lowest BCUT2D eigenvalue weighted by Gasteiger charge is -2.32. The second-order valence-electron chi connectivity index (χ2n) is 4.54. The maximum absolute atomic E-state index is 12.8. The van der Waals surface area contributed by atoms with Gasteiger partial charge in [0.25, 0.3) is 0 Å². The lowest BCUT2D eigenvalue weighted by Crippen LogP contribution is -2.44. The van der Waals surface area contributed by atoms with Gasteiger partial charge in [-0.3, -0.25) is 0 Å². The molecule has 0 amide bonds. The van der Waals surface area contributed by atoms with Crippen LogP contribution >= 0.6 is 11.3 Å². The van der Waals surface area contributed by atoms with Gasteiger partial charge < -0.3 is 5.11 Å². The number of hydrogen-bond acceptors (Lipinski definition) is 4. The molecule has 2 atom stereocenters. The number of hydrogen-bond donors (Lipinski definition) is 2. The Morgan fingerprint density at radius 2 is 1.64 bits per heavy atom. The Bertz CT molecular complexity index is 605. The summed E-state index contributed by atoms with van der Waals surface area (Å²) in [6.07, 6.45) is -13.6. The van der Waals surface area contributed by atoms with Gasteiger partial charge in [0.05, 0.1) is 6.10 Å². The molecule has 0 aliphatic rings. The largest absolute Gasteiger partial charge is 0.401 e. The smallest absolute Gasteiger partial charge is 0.393 e. The standard InChI is InChI=1S/C10H11F6NO3S2/c1-4(18)6(7(9(11,12)13)10(14,15)16)5-2-3-21-8(5)22(17,19)20/h2-4,6-7,18H,1H3,(H2,17,19,20)/t4-,6-/m1/s1. The van der Waals surface area contributed by atoms with Crippen molar-refractivity contribution in [1.82, 2.24) is 0 Å². The zero-order valence-corrected chi connectivity index (χ0v) is 12.4. The quantitative estimate of drug-likeness (QED) is 0.799. The van der Waals surface area contributed by atoms with Gasteiger partial charge in [0.15, 0.2) is 5.92 Å². The molecular weight excluding hydrogens is 360 g/mol. The van der Waals surface area contributed by atoms with Crippen LogP contribution in [0, 0.1) is 5.92 Å². The molecule has 0 bridgehead atoms. The van der Waals surface area contributed by atoms with E-state index in [1.165, 1.54) is 0 Å². The molecule has 22 heavy (non-hydrogen) atoms. The first kappa shape index (κ1) is 19.2. The van der Waals surface area contributed by atoms with Gasteiger partial charge in [-0.2, -0.15) is 26.3 Å². The summed E-state index contributed by atoms with van der Waals surface area (Å²) in [5.41, 5.74) is -0.804. The SMILES string of the molecule is C[C@@H](O)[C@H](c1ccsc1S(N)(=O)=O)C(C(F)(F)F)C(F)(F)F. The number of thiophene rings is 1. The number of sulfonamides is 1. The third kappa shape index (κ3) is 4.12. The molecule has 12 heteroatoms. The van der Waals surface area contributed by atoms with E-state index < -0.39 is 50.1 Å². The average Bonchev–Trinajstić information content (AvgIpc) is 2.69. The molecular formula is C10H11F6NO3S2. The van der Waals surface area contributed by atoms with Crippen LogP contribution in [-0.2, 0) is 10.0 Å². The Morgan fingerprint density at radius 1 is 1.18 bits per heavy atom. The van der Waals surface area contributed by atoms with E-state index in [1.54, 1.807) is 0 Å². The number of aliphatic hydroxyl groups excluding tert-OH is 1. The number of aliphatic hydroxyl groups is 1. The first-order chi connectivity index (χ1) is 9.67. The number of rotatable bonds is 4. The molecule has 1 aromatic rings. The molecule has 128 valence electrons. The molecule has 4 nitrogen and oxygen atoms in total. The average molecular weight is 371 g/mol. The van der Waals surface area contributed by atoms with Crippen molar-refractivity contribution in [3.8, 4) is 0 Å². The maximum atomic E-state index is 12.8. The zero-order valence-electron chi connectivity index (χ0n) is 10.8. The summed E-state index contributed by atoms with van der Waals surface area (Å²) in [7, 11) is -4.52. The van der Waals surface area contributed by atoms with Gasteiger partial charge in [0, 0.05) is 5.92 Å². The molecule has 1 rings (SSSR count). The highest BCUT2D eigenvalue weighted by atomic mass is 32.2. The van der Waals surface area contributed by atoms with E-state index in [9.17, 15) is 39.9 Å².